The van der Waals surface area contributed by atoms with E-state index in [2.05, 4.69) is 4.98 Å². The summed E-state index contributed by atoms with van der Waals surface area (Å²) in [6.45, 7) is 0. The number of benzene rings is 1. The molecule has 2 N–H and O–H groups in total. The normalized spacial score (nSPS) is 11.9. The minimum absolute atomic E-state index is 0.0355. The van der Waals surface area contributed by atoms with Crippen LogP contribution in [0, 0.1) is 0 Å². The van der Waals surface area contributed by atoms with Gasteiger partial charge >= 0.3 is 6.18 Å². The molecule has 0 spiro atoms. The molecular formula is C18H11Cl2F3N3O4S+. The number of sulfonamides is 1. The Bertz CT molecular complexity index is 1280. The van der Waals surface area contributed by atoms with Gasteiger partial charge in [0, 0.05) is 17.0 Å². The van der Waals surface area contributed by atoms with Crippen LogP contribution in [0.3, 0.4) is 0 Å². The number of nitrogens with zero attached hydrogens (tertiary/aromatic N) is 2. The average Bonchev–Trinajstić information content (AvgIpc) is 2.66. The van der Waals surface area contributed by atoms with Crippen LogP contribution in [-0.4, -0.2) is 24.4 Å². The van der Waals surface area contributed by atoms with Crippen LogP contribution in [-0.2, 0) is 16.2 Å². The van der Waals surface area contributed by atoms with Crippen LogP contribution in [0.1, 0.15) is 21.6 Å². The summed E-state index contributed by atoms with van der Waals surface area (Å²) < 4.78 is 67.4. The third kappa shape index (κ3) is 5.06. The van der Waals surface area contributed by atoms with Gasteiger partial charge in [-0.25, -0.2) is 13.4 Å². The van der Waals surface area contributed by atoms with Crippen molar-refractivity contribution in [3.05, 3.63) is 81.9 Å². The molecule has 2 aromatic heterocycles. The average molecular weight is 493 g/mol. The van der Waals surface area contributed by atoms with Gasteiger partial charge in [-0.05, 0) is 30.3 Å². The zero-order valence-electron chi connectivity index (χ0n) is 15.1. The molecule has 13 heteroatoms. The van der Waals surface area contributed by atoms with Crippen molar-refractivity contribution >= 4 is 44.7 Å². The molecule has 2 heterocycles. The number of alkyl halides is 3. The lowest BCUT2D eigenvalue weighted by Crippen LogP contribution is -2.30. The van der Waals surface area contributed by atoms with E-state index in [-0.39, 0.29) is 22.0 Å². The first kappa shape index (κ1) is 22.8. The lowest BCUT2D eigenvalue weighted by atomic mass is 10.1. The van der Waals surface area contributed by atoms with Gasteiger partial charge in [0.25, 0.3) is 10.0 Å². The zero-order valence-corrected chi connectivity index (χ0v) is 17.4. The number of anilines is 1. The fourth-order valence-corrected chi connectivity index (χ4v) is 3.99. The molecule has 31 heavy (non-hydrogen) atoms. The third-order valence-electron chi connectivity index (χ3n) is 3.92. The number of rotatable bonds is 5. The molecular weight excluding hydrogens is 482 g/mol. The van der Waals surface area contributed by atoms with Crippen LogP contribution in [0.15, 0.2) is 59.9 Å². The van der Waals surface area contributed by atoms with E-state index in [0.29, 0.717) is 10.8 Å². The van der Waals surface area contributed by atoms with Crippen molar-refractivity contribution in [2.24, 2.45) is 0 Å². The maximum atomic E-state index is 13.1. The van der Waals surface area contributed by atoms with E-state index in [9.17, 15) is 31.6 Å². The minimum Gasteiger partial charge on any atom is -0.287 e. The molecule has 0 aliphatic heterocycles. The lowest BCUT2D eigenvalue weighted by Gasteiger charge is -2.14. The molecule has 7 nitrogen and oxygen atoms in total. The van der Waals surface area contributed by atoms with Gasteiger partial charge in [0.2, 0.25) is 18.2 Å². The highest BCUT2D eigenvalue weighted by Crippen LogP contribution is 2.36. The summed E-state index contributed by atoms with van der Waals surface area (Å²) in [6, 6.07) is 5.83. The van der Waals surface area contributed by atoms with Gasteiger partial charge in [0.05, 0.1) is 31.8 Å². The molecule has 0 atom stereocenters. The molecule has 1 aromatic carbocycles. The summed E-state index contributed by atoms with van der Waals surface area (Å²) in [5, 5.41) is 8.77. The Kier molecular flexibility index (Phi) is 6.12. The SMILES string of the molecule is O=C(c1ccc[n+](O)c1)c1ncc(Cl)cc1NS(=O)(=O)c1ccc(Cl)c(C(F)(F)F)c1. The third-order valence-corrected chi connectivity index (χ3v) is 5.81. The van der Waals surface area contributed by atoms with Crippen LogP contribution in [0.4, 0.5) is 18.9 Å². The van der Waals surface area contributed by atoms with E-state index >= 15 is 0 Å². The number of nitrogens with one attached hydrogen (secondary N) is 1. The monoisotopic (exact) mass is 492 g/mol. The molecule has 0 saturated carbocycles. The predicted octanol–water partition coefficient (Wildman–Crippen LogP) is 3.96. The molecule has 0 bridgehead atoms. The Labute approximate surface area is 183 Å². The molecule has 3 rings (SSSR count). The minimum atomic E-state index is -4.88. The second-order valence-corrected chi connectivity index (χ2v) is 8.62. The zero-order chi connectivity index (χ0) is 23.0. The summed E-state index contributed by atoms with van der Waals surface area (Å²) in [5.74, 6) is -0.773. The van der Waals surface area contributed by atoms with Crippen LogP contribution in [0.25, 0.3) is 0 Å². The van der Waals surface area contributed by atoms with Gasteiger partial charge in [-0.15, -0.1) is 0 Å². The first-order valence-corrected chi connectivity index (χ1v) is 10.4. The van der Waals surface area contributed by atoms with Gasteiger partial charge in [0.1, 0.15) is 5.69 Å². The number of carbonyl (C=O) groups excluding carboxylic acids is 1. The topological polar surface area (TPSA) is 100 Å². The van der Waals surface area contributed by atoms with Crippen LogP contribution >= 0.6 is 23.2 Å². The predicted molar refractivity (Wildman–Crippen MR) is 104 cm³/mol. The molecule has 3 aromatic rings. The van der Waals surface area contributed by atoms with Crippen molar-refractivity contribution in [1.29, 1.82) is 0 Å². The highest BCUT2D eigenvalue weighted by molar-refractivity contribution is 7.92. The molecule has 0 unspecified atom stereocenters. The van der Waals surface area contributed by atoms with Crippen molar-refractivity contribution in [1.82, 2.24) is 4.98 Å². The molecule has 0 radical (unpaired) electrons. The molecule has 0 aliphatic carbocycles. The second-order valence-electron chi connectivity index (χ2n) is 6.10. The van der Waals surface area contributed by atoms with Crippen molar-refractivity contribution in [3.63, 3.8) is 0 Å². The van der Waals surface area contributed by atoms with Crippen LogP contribution in [0.2, 0.25) is 10.0 Å². The van der Waals surface area contributed by atoms with Gasteiger partial charge in [-0.2, -0.15) is 13.2 Å². The van der Waals surface area contributed by atoms with E-state index in [1.165, 1.54) is 18.3 Å². The first-order valence-electron chi connectivity index (χ1n) is 8.19. The van der Waals surface area contributed by atoms with Crippen LogP contribution in [0.5, 0.6) is 0 Å². The largest absolute Gasteiger partial charge is 0.417 e. The Balaban J connectivity index is 2.05. The standard InChI is InChI=1S/C18H10Cl2F3N3O4S/c19-11-6-15(16(24-8-11)17(27)10-2-1-5-26(28)9-10)25-31(29,30)12-3-4-14(20)13(7-12)18(21,22)23/h1-9H,(H-,25,27,28)/p+1. The van der Waals surface area contributed by atoms with E-state index in [4.69, 9.17) is 23.2 Å². The fraction of sp³-hybridized carbons (Fsp3) is 0.0556. The van der Waals surface area contributed by atoms with Gasteiger partial charge in [-0.1, -0.05) is 23.2 Å². The summed E-state index contributed by atoms with van der Waals surface area (Å²) in [6.07, 6.45) is -1.49. The summed E-state index contributed by atoms with van der Waals surface area (Å²) in [5.41, 5.74) is -2.13. The number of hydrogen-bond acceptors (Lipinski definition) is 5. The van der Waals surface area contributed by atoms with Crippen molar-refractivity contribution < 1.29 is 36.3 Å². The first-order chi connectivity index (χ1) is 14.4. The molecule has 0 amide bonds. The Morgan fingerprint density at radius 2 is 1.87 bits per heavy atom. The van der Waals surface area contributed by atoms with Gasteiger partial charge in [0.15, 0.2) is 0 Å². The Hall–Kier alpha value is -2.89. The number of hydrogen-bond donors (Lipinski definition) is 2. The fourth-order valence-electron chi connectivity index (χ4n) is 2.52. The van der Waals surface area contributed by atoms with Gasteiger partial charge in [-0.3, -0.25) is 14.7 Å². The van der Waals surface area contributed by atoms with E-state index < -0.39 is 37.5 Å². The van der Waals surface area contributed by atoms with Crippen molar-refractivity contribution in [2.75, 3.05) is 4.72 Å². The van der Waals surface area contributed by atoms with Crippen molar-refractivity contribution in [3.8, 4) is 0 Å². The number of aromatic nitrogens is 2. The smallest absolute Gasteiger partial charge is 0.287 e. The summed E-state index contributed by atoms with van der Waals surface area (Å²) in [7, 11) is -4.59. The molecule has 162 valence electrons. The number of carbonyl (C=O) groups is 1. The van der Waals surface area contributed by atoms with E-state index in [0.717, 1.165) is 30.6 Å². The maximum absolute atomic E-state index is 13.1. The van der Waals surface area contributed by atoms with E-state index in [1.807, 2.05) is 4.72 Å². The van der Waals surface area contributed by atoms with Gasteiger partial charge < -0.3 is 0 Å². The Morgan fingerprint density at radius 1 is 1.16 bits per heavy atom. The highest BCUT2D eigenvalue weighted by Gasteiger charge is 2.34. The maximum Gasteiger partial charge on any atom is 0.417 e. The lowest BCUT2D eigenvalue weighted by molar-refractivity contribution is -0.904. The number of ketones is 1. The Morgan fingerprint density at radius 3 is 2.52 bits per heavy atom. The summed E-state index contributed by atoms with van der Waals surface area (Å²) >= 11 is 11.4. The molecule has 0 saturated heterocycles. The van der Waals surface area contributed by atoms with Crippen molar-refractivity contribution in [2.45, 2.75) is 11.1 Å². The second kappa shape index (κ2) is 8.33. The van der Waals surface area contributed by atoms with Crippen LogP contribution < -0.4 is 9.45 Å². The molecule has 0 aliphatic rings. The highest BCUT2D eigenvalue weighted by atomic mass is 35.5. The van der Waals surface area contributed by atoms with E-state index in [1.54, 1.807) is 0 Å². The summed E-state index contributed by atoms with van der Waals surface area (Å²) in [4.78, 5) is 15.8. The number of pyridine rings is 2. The number of halogens is 5. The molecule has 0 fully saturated rings. The quantitative estimate of drug-likeness (QED) is 0.319.